The van der Waals surface area contributed by atoms with Crippen molar-refractivity contribution in [2.75, 3.05) is 5.32 Å². The van der Waals surface area contributed by atoms with Crippen LogP contribution in [0.25, 0.3) is 11.0 Å². The maximum Gasteiger partial charge on any atom is 0.349 e. The van der Waals surface area contributed by atoms with Gasteiger partial charge in [0.15, 0.2) is 0 Å². The van der Waals surface area contributed by atoms with E-state index >= 15 is 0 Å². The molecule has 2 aromatic carbocycles. The van der Waals surface area contributed by atoms with E-state index in [0.29, 0.717) is 21.6 Å². The summed E-state index contributed by atoms with van der Waals surface area (Å²) in [4.78, 5) is 24.8. The standard InChI is InChI=1S/C16H11NO3S/c18-15(17-12-6-2-4-8-14(12)21)11-9-10-5-1-3-7-13(10)20-16(11)19/h1-9,21H,(H,17,18). The predicted octanol–water partition coefficient (Wildman–Crippen LogP) is 3.33. The molecule has 3 aromatic rings. The summed E-state index contributed by atoms with van der Waals surface area (Å²) in [5.41, 5.74) is 0.292. The van der Waals surface area contributed by atoms with Gasteiger partial charge in [0.05, 0.1) is 5.69 Å². The van der Waals surface area contributed by atoms with Gasteiger partial charge in [-0.1, -0.05) is 30.3 Å². The maximum absolute atomic E-state index is 12.2. The molecule has 104 valence electrons. The number of carbonyl (C=O) groups excluding carboxylic acids is 1. The average Bonchev–Trinajstić information content (AvgIpc) is 2.49. The van der Waals surface area contributed by atoms with Gasteiger partial charge >= 0.3 is 5.63 Å². The van der Waals surface area contributed by atoms with E-state index in [-0.39, 0.29) is 5.56 Å². The summed E-state index contributed by atoms with van der Waals surface area (Å²) >= 11 is 4.25. The van der Waals surface area contributed by atoms with Crippen molar-refractivity contribution in [2.24, 2.45) is 0 Å². The monoisotopic (exact) mass is 297 g/mol. The molecule has 21 heavy (non-hydrogen) atoms. The summed E-state index contributed by atoms with van der Waals surface area (Å²) in [6, 6.07) is 15.6. The SMILES string of the molecule is O=C(Nc1ccccc1S)c1cc2ccccc2oc1=O. The second-order valence-corrected chi connectivity index (χ2v) is 4.94. The summed E-state index contributed by atoms with van der Waals surface area (Å²) in [7, 11) is 0. The largest absolute Gasteiger partial charge is 0.422 e. The summed E-state index contributed by atoms with van der Waals surface area (Å²) in [6.45, 7) is 0. The number of hydrogen-bond acceptors (Lipinski definition) is 4. The van der Waals surface area contributed by atoms with Crippen molar-refractivity contribution < 1.29 is 9.21 Å². The first-order chi connectivity index (χ1) is 10.1. The van der Waals surface area contributed by atoms with Crippen LogP contribution < -0.4 is 10.9 Å². The lowest BCUT2D eigenvalue weighted by molar-refractivity contribution is 0.102. The van der Waals surface area contributed by atoms with E-state index in [1.807, 2.05) is 12.1 Å². The van der Waals surface area contributed by atoms with E-state index in [9.17, 15) is 9.59 Å². The topological polar surface area (TPSA) is 59.3 Å². The first-order valence-electron chi connectivity index (χ1n) is 6.27. The molecule has 4 nitrogen and oxygen atoms in total. The van der Waals surface area contributed by atoms with Crippen molar-refractivity contribution in [3.05, 3.63) is 70.6 Å². The zero-order valence-corrected chi connectivity index (χ0v) is 11.8. The number of fused-ring (bicyclic) bond motifs is 1. The van der Waals surface area contributed by atoms with E-state index in [1.165, 1.54) is 6.07 Å². The third-order valence-corrected chi connectivity index (χ3v) is 3.43. The Labute approximate surface area is 125 Å². The van der Waals surface area contributed by atoms with Crippen LogP contribution in [0.1, 0.15) is 10.4 Å². The lowest BCUT2D eigenvalue weighted by atomic mass is 10.1. The lowest BCUT2D eigenvalue weighted by Gasteiger charge is -2.07. The second-order valence-electron chi connectivity index (χ2n) is 4.46. The zero-order valence-electron chi connectivity index (χ0n) is 10.9. The lowest BCUT2D eigenvalue weighted by Crippen LogP contribution is -2.20. The fraction of sp³-hybridized carbons (Fsp3) is 0. The Bertz CT molecular complexity index is 886. The molecule has 3 rings (SSSR count). The molecule has 1 heterocycles. The maximum atomic E-state index is 12.2. The molecule has 0 bridgehead atoms. The molecule has 0 radical (unpaired) electrons. The fourth-order valence-electron chi connectivity index (χ4n) is 1.99. The Morgan fingerprint density at radius 1 is 1.05 bits per heavy atom. The fourth-order valence-corrected chi connectivity index (χ4v) is 2.21. The van der Waals surface area contributed by atoms with Crippen molar-refractivity contribution in [2.45, 2.75) is 4.90 Å². The van der Waals surface area contributed by atoms with Gasteiger partial charge in [-0.05, 0) is 24.3 Å². The van der Waals surface area contributed by atoms with Gasteiger partial charge in [0, 0.05) is 10.3 Å². The van der Waals surface area contributed by atoms with Crippen molar-refractivity contribution in [3.63, 3.8) is 0 Å². The van der Waals surface area contributed by atoms with Crippen LogP contribution in [0.15, 0.2) is 68.7 Å². The van der Waals surface area contributed by atoms with Crippen molar-refractivity contribution in [1.82, 2.24) is 0 Å². The number of anilines is 1. The van der Waals surface area contributed by atoms with Crippen molar-refractivity contribution >= 4 is 35.2 Å². The normalized spacial score (nSPS) is 10.5. The van der Waals surface area contributed by atoms with Gasteiger partial charge in [0.1, 0.15) is 11.1 Å². The zero-order chi connectivity index (χ0) is 14.8. The Morgan fingerprint density at radius 2 is 1.76 bits per heavy atom. The number of benzene rings is 2. The number of hydrogen-bond donors (Lipinski definition) is 2. The van der Waals surface area contributed by atoms with Gasteiger partial charge in [0.2, 0.25) is 0 Å². The van der Waals surface area contributed by atoms with Crippen LogP contribution >= 0.6 is 12.6 Å². The van der Waals surface area contributed by atoms with Crippen LogP contribution in [-0.2, 0) is 0 Å². The highest BCUT2D eigenvalue weighted by Crippen LogP contribution is 2.19. The quantitative estimate of drug-likeness (QED) is 0.563. The van der Waals surface area contributed by atoms with Crippen LogP contribution in [0.3, 0.4) is 0 Å². The van der Waals surface area contributed by atoms with Crippen molar-refractivity contribution in [3.8, 4) is 0 Å². The molecule has 5 heteroatoms. The molecule has 0 saturated heterocycles. The minimum atomic E-state index is -0.664. The molecular weight excluding hydrogens is 286 g/mol. The highest BCUT2D eigenvalue weighted by atomic mass is 32.1. The van der Waals surface area contributed by atoms with Crippen LogP contribution in [0, 0.1) is 0 Å². The molecular formula is C16H11NO3S. The Balaban J connectivity index is 2.00. The van der Waals surface area contributed by atoms with Crippen LogP contribution in [0.5, 0.6) is 0 Å². The molecule has 0 atom stereocenters. The molecule has 1 aromatic heterocycles. The Morgan fingerprint density at radius 3 is 2.57 bits per heavy atom. The summed E-state index contributed by atoms with van der Waals surface area (Å²) < 4.78 is 5.15. The van der Waals surface area contributed by atoms with Crippen molar-refractivity contribution in [1.29, 1.82) is 0 Å². The molecule has 1 amide bonds. The van der Waals surface area contributed by atoms with Crippen LogP contribution in [0.2, 0.25) is 0 Å². The number of thiol groups is 1. The molecule has 0 aliphatic heterocycles. The van der Waals surface area contributed by atoms with Crippen LogP contribution in [0.4, 0.5) is 5.69 Å². The highest BCUT2D eigenvalue weighted by Gasteiger charge is 2.14. The molecule has 0 spiro atoms. The first kappa shape index (κ1) is 13.5. The third kappa shape index (κ3) is 2.68. The van der Waals surface area contributed by atoms with E-state index in [2.05, 4.69) is 17.9 Å². The average molecular weight is 297 g/mol. The summed E-state index contributed by atoms with van der Waals surface area (Å²) in [6.07, 6.45) is 0. The minimum absolute atomic E-state index is 0.0368. The number of rotatable bonds is 2. The molecule has 1 N–H and O–H groups in total. The number of nitrogens with one attached hydrogen (secondary N) is 1. The van der Waals surface area contributed by atoms with Gasteiger partial charge in [-0.3, -0.25) is 4.79 Å². The van der Waals surface area contributed by atoms with E-state index in [1.54, 1.807) is 36.4 Å². The van der Waals surface area contributed by atoms with Gasteiger partial charge in [-0.25, -0.2) is 4.79 Å². The molecule has 0 unspecified atom stereocenters. The van der Waals surface area contributed by atoms with Gasteiger partial charge in [0.25, 0.3) is 5.91 Å². The number of amides is 1. The predicted molar refractivity (Wildman–Crippen MR) is 84.1 cm³/mol. The molecule has 0 aliphatic rings. The van der Waals surface area contributed by atoms with Gasteiger partial charge in [-0.15, -0.1) is 12.6 Å². The smallest absolute Gasteiger partial charge is 0.349 e. The Kier molecular flexibility index (Phi) is 3.50. The second kappa shape index (κ2) is 5.46. The highest BCUT2D eigenvalue weighted by molar-refractivity contribution is 7.80. The number of carbonyl (C=O) groups is 1. The van der Waals surface area contributed by atoms with Crippen LogP contribution in [-0.4, -0.2) is 5.91 Å². The molecule has 0 saturated carbocycles. The molecule has 0 fully saturated rings. The van der Waals surface area contributed by atoms with E-state index in [0.717, 1.165) is 0 Å². The molecule has 0 aliphatic carbocycles. The van der Waals surface area contributed by atoms with Gasteiger partial charge < -0.3 is 9.73 Å². The summed E-state index contributed by atoms with van der Waals surface area (Å²) in [5, 5.41) is 3.35. The van der Waals surface area contributed by atoms with E-state index in [4.69, 9.17) is 4.42 Å². The first-order valence-corrected chi connectivity index (χ1v) is 6.72. The summed E-state index contributed by atoms with van der Waals surface area (Å²) in [5.74, 6) is -0.518. The minimum Gasteiger partial charge on any atom is -0.422 e. The number of para-hydroxylation sites is 2. The third-order valence-electron chi connectivity index (χ3n) is 3.04. The van der Waals surface area contributed by atoms with E-state index < -0.39 is 11.5 Å². The Hall–Kier alpha value is -2.53. The van der Waals surface area contributed by atoms with Gasteiger partial charge in [-0.2, -0.15) is 0 Å².